The molecule has 1 atom stereocenters. The molecule has 2 heteroatoms. The molecule has 0 aromatic carbocycles. The predicted molar refractivity (Wildman–Crippen MR) is 45.6 cm³/mol. The first-order chi connectivity index (χ1) is 4.31. The van der Waals surface area contributed by atoms with Gasteiger partial charge in [-0.25, -0.2) is 0 Å². The van der Waals surface area contributed by atoms with Crippen LogP contribution in [-0.2, 0) is 0 Å². The van der Waals surface area contributed by atoms with Crippen LogP contribution >= 0.6 is 11.8 Å². The molecule has 0 rings (SSSR count). The smallest absolute Gasteiger partial charge is 0.000766 e. The van der Waals surface area contributed by atoms with Gasteiger partial charge in [-0.15, -0.1) is 0 Å². The Hall–Kier alpha value is 0.0200. The summed E-state index contributed by atoms with van der Waals surface area (Å²) >= 11 is 1.93. The fourth-order valence-corrected chi connectivity index (χ4v) is 1.39. The minimum atomic E-state index is 0.460. The summed E-state index contributed by atoms with van der Waals surface area (Å²) in [6.45, 7) is 4.26. The molecular formula is C7H15NS. The summed E-state index contributed by atoms with van der Waals surface area (Å²) < 4.78 is 0. The van der Waals surface area contributed by atoms with Crippen LogP contribution in [0, 0.1) is 11.3 Å². The Kier molecular flexibility index (Phi) is 6.16. The van der Waals surface area contributed by atoms with Crippen molar-refractivity contribution in [2.75, 3.05) is 11.5 Å². The zero-order chi connectivity index (χ0) is 7.11. The van der Waals surface area contributed by atoms with Gasteiger partial charge in [0.05, 0.1) is 0 Å². The molecule has 0 fully saturated rings. The molecule has 0 saturated heterocycles. The van der Waals surface area contributed by atoms with Crippen molar-refractivity contribution in [3.63, 3.8) is 0 Å². The number of rotatable bonds is 5. The van der Waals surface area contributed by atoms with Crippen molar-refractivity contribution in [2.24, 2.45) is 5.92 Å². The summed E-state index contributed by atoms with van der Waals surface area (Å²) in [5.41, 5.74) is 0. The summed E-state index contributed by atoms with van der Waals surface area (Å²) in [4.78, 5) is 0. The molecule has 0 bridgehead atoms. The van der Waals surface area contributed by atoms with Gasteiger partial charge in [-0.1, -0.05) is 13.8 Å². The summed E-state index contributed by atoms with van der Waals surface area (Å²) in [6, 6.07) is 0. The number of hydrogen-bond donors (Lipinski definition) is 1. The molecule has 0 radical (unpaired) electrons. The van der Waals surface area contributed by atoms with E-state index in [1.165, 1.54) is 18.4 Å². The van der Waals surface area contributed by atoms with Crippen LogP contribution in [0.2, 0.25) is 0 Å². The van der Waals surface area contributed by atoms with Gasteiger partial charge in [-0.2, -0.15) is 11.8 Å². The molecule has 0 aliphatic heterocycles. The van der Waals surface area contributed by atoms with Crippen molar-refractivity contribution < 1.29 is 0 Å². The van der Waals surface area contributed by atoms with Crippen molar-refractivity contribution in [1.82, 2.24) is 0 Å². The van der Waals surface area contributed by atoms with E-state index in [9.17, 15) is 0 Å². The van der Waals surface area contributed by atoms with Crippen LogP contribution in [0.3, 0.4) is 0 Å². The lowest BCUT2D eigenvalue weighted by molar-refractivity contribution is 0.915. The molecule has 54 valence electrons. The zero-order valence-electron chi connectivity index (χ0n) is 6.18. The van der Waals surface area contributed by atoms with Crippen molar-refractivity contribution in [3.8, 4) is 0 Å². The van der Waals surface area contributed by atoms with Crippen LogP contribution in [0.5, 0.6) is 0 Å². The van der Waals surface area contributed by atoms with Crippen LogP contribution in [-0.4, -0.2) is 17.7 Å². The Balaban J connectivity index is 2.96. The number of hydrogen-bond acceptors (Lipinski definition) is 2. The Labute approximate surface area is 61.7 Å². The zero-order valence-corrected chi connectivity index (χ0v) is 7.00. The SMILES string of the molecule is CCCSCC(C)C=N. The Morgan fingerprint density at radius 2 is 2.33 bits per heavy atom. The monoisotopic (exact) mass is 145 g/mol. The van der Waals surface area contributed by atoms with Gasteiger partial charge in [-0.3, -0.25) is 0 Å². The van der Waals surface area contributed by atoms with Crippen molar-refractivity contribution in [2.45, 2.75) is 20.3 Å². The van der Waals surface area contributed by atoms with Crippen molar-refractivity contribution in [1.29, 1.82) is 5.41 Å². The van der Waals surface area contributed by atoms with Gasteiger partial charge in [0.25, 0.3) is 0 Å². The topological polar surface area (TPSA) is 23.9 Å². The lowest BCUT2D eigenvalue weighted by atomic mass is 10.2. The lowest BCUT2D eigenvalue weighted by Crippen LogP contribution is -1.98. The predicted octanol–water partition coefficient (Wildman–Crippen LogP) is 2.42. The lowest BCUT2D eigenvalue weighted by Gasteiger charge is -2.01. The van der Waals surface area contributed by atoms with E-state index in [-0.39, 0.29) is 0 Å². The summed E-state index contributed by atoms with van der Waals surface area (Å²) in [7, 11) is 0. The largest absolute Gasteiger partial charge is 0.313 e. The molecule has 0 amide bonds. The van der Waals surface area contributed by atoms with E-state index in [4.69, 9.17) is 5.41 Å². The molecule has 1 nitrogen and oxygen atoms in total. The quantitative estimate of drug-likeness (QED) is 0.466. The third kappa shape index (κ3) is 5.90. The first kappa shape index (κ1) is 9.02. The second kappa shape index (κ2) is 6.14. The molecule has 0 spiro atoms. The minimum Gasteiger partial charge on any atom is -0.313 e. The standard InChI is InChI=1S/C7H15NS/c1-3-4-9-6-7(2)5-8/h5,7-8H,3-4,6H2,1-2H3. The highest BCUT2D eigenvalue weighted by atomic mass is 32.2. The van der Waals surface area contributed by atoms with Crippen LogP contribution in [0.25, 0.3) is 0 Å². The van der Waals surface area contributed by atoms with E-state index >= 15 is 0 Å². The number of thioether (sulfide) groups is 1. The van der Waals surface area contributed by atoms with Gasteiger partial charge in [0, 0.05) is 5.75 Å². The van der Waals surface area contributed by atoms with E-state index in [0.29, 0.717) is 5.92 Å². The molecular weight excluding hydrogens is 130 g/mol. The summed E-state index contributed by atoms with van der Waals surface area (Å²) in [6.07, 6.45) is 2.76. The molecule has 9 heavy (non-hydrogen) atoms. The van der Waals surface area contributed by atoms with Gasteiger partial charge in [0.15, 0.2) is 0 Å². The first-order valence-electron chi connectivity index (χ1n) is 3.39. The van der Waals surface area contributed by atoms with Gasteiger partial charge < -0.3 is 5.41 Å². The van der Waals surface area contributed by atoms with Crippen LogP contribution in [0.1, 0.15) is 20.3 Å². The number of nitrogens with one attached hydrogen (secondary N) is 1. The maximum Gasteiger partial charge on any atom is 0.000766 e. The second-order valence-electron chi connectivity index (χ2n) is 2.22. The molecule has 0 aliphatic rings. The van der Waals surface area contributed by atoms with Gasteiger partial charge in [-0.05, 0) is 24.3 Å². The van der Waals surface area contributed by atoms with Crippen LogP contribution < -0.4 is 0 Å². The van der Waals surface area contributed by atoms with E-state index in [1.54, 1.807) is 0 Å². The molecule has 0 heterocycles. The van der Waals surface area contributed by atoms with E-state index in [2.05, 4.69) is 13.8 Å². The first-order valence-corrected chi connectivity index (χ1v) is 4.55. The minimum absolute atomic E-state index is 0.460. The highest BCUT2D eigenvalue weighted by Crippen LogP contribution is 2.06. The summed E-state index contributed by atoms with van der Waals surface area (Å²) in [5, 5.41) is 6.91. The Morgan fingerprint density at radius 3 is 2.78 bits per heavy atom. The molecule has 1 unspecified atom stereocenters. The average Bonchev–Trinajstić information content (AvgIpc) is 1.89. The summed E-state index contributed by atoms with van der Waals surface area (Å²) in [5.74, 6) is 2.80. The maximum absolute atomic E-state index is 6.91. The van der Waals surface area contributed by atoms with Gasteiger partial charge in [0.1, 0.15) is 0 Å². The third-order valence-corrected chi connectivity index (χ3v) is 2.47. The molecule has 0 saturated carbocycles. The van der Waals surface area contributed by atoms with Crippen LogP contribution in [0.4, 0.5) is 0 Å². The van der Waals surface area contributed by atoms with Crippen LogP contribution in [0.15, 0.2) is 0 Å². The Morgan fingerprint density at radius 1 is 1.67 bits per heavy atom. The highest BCUT2D eigenvalue weighted by Gasteiger charge is 1.94. The normalized spacial score (nSPS) is 13.1. The molecule has 0 aromatic rings. The second-order valence-corrected chi connectivity index (χ2v) is 3.37. The van der Waals surface area contributed by atoms with E-state index < -0.39 is 0 Å². The average molecular weight is 145 g/mol. The highest BCUT2D eigenvalue weighted by molar-refractivity contribution is 7.99. The van der Waals surface area contributed by atoms with Crippen molar-refractivity contribution in [3.05, 3.63) is 0 Å². The Bertz CT molecular complexity index is 73.3. The molecule has 0 aliphatic carbocycles. The fourth-order valence-electron chi connectivity index (χ4n) is 0.462. The van der Waals surface area contributed by atoms with E-state index in [1.807, 2.05) is 11.8 Å². The van der Waals surface area contributed by atoms with Gasteiger partial charge in [0.2, 0.25) is 0 Å². The van der Waals surface area contributed by atoms with Gasteiger partial charge >= 0.3 is 0 Å². The van der Waals surface area contributed by atoms with E-state index in [0.717, 1.165) is 5.75 Å². The maximum atomic E-state index is 6.91. The molecule has 0 aromatic heterocycles. The van der Waals surface area contributed by atoms with Crippen molar-refractivity contribution >= 4 is 18.0 Å². The molecule has 1 N–H and O–H groups in total. The third-order valence-electron chi connectivity index (χ3n) is 1.01. The fraction of sp³-hybridized carbons (Fsp3) is 0.857.